The number of ether oxygens (including phenoxy) is 1. The van der Waals surface area contributed by atoms with E-state index in [1.165, 1.54) is 54.5 Å². The Morgan fingerprint density at radius 1 is 0.919 bits per heavy atom. The zero-order valence-electron chi connectivity index (χ0n) is 22.8. The molecule has 7 atom stereocenters. The molecule has 7 unspecified atom stereocenters. The second kappa shape index (κ2) is 8.13. The maximum atomic E-state index is 10.2. The lowest BCUT2D eigenvalue weighted by Crippen LogP contribution is -2.63. The minimum atomic E-state index is 0.205. The predicted octanol–water partition coefficient (Wildman–Crippen LogP) is 5.00. The third-order valence-electron chi connectivity index (χ3n) is 11.8. The Bertz CT molecular complexity index is 1240. The Labute approximate surface area is 221 Å². The highest BCUT2D eigenvalue weighted by Crippen LogP contribution is 2.63. The smallest absolute Gasteiger partial charge is 0.165 e. The number of phenolic OH excluding ortho intramolecular Hbond substituents is 2. The molecule has 5 nitrogen and oxygen atoms in total. The minimum Gasteiger partial charge on any atom is -0.508 e. The highest BCUT2D eigenvalue weighted by Gasteiger charge is 2.63. The lowest BCUT2D eigenvalue weighted by molar-refractivity contribution is -0.0426. The fraction of sp³-hybridized carbons (Fsp3) is 0.625. The SMILES string of the molecule is CC1C2Cc3ccc(O)cc3C1(C)CCN2C.CN1CCC23c4c5ccc(O)c4OC2CCCC3C1C5. The molecule has 37 heavy (non-hydrogen) atoms. The van der Waals surface area contributed by atoms with Crippen LogP contribution in [-0.4, -0.2) is 65.4 Å². The van der Waals surface area contributed by atoms with Crippen LogP contribution in [0.25, 0.3) is 0 Å². The molecule has 1 saturated carbocycles. The number of likely N-dealkylation sites (tertiary alicyclic amines) is 2. The summed E-state index contributed by atoms with van der Waals surface area (Å²) in [4.78, 5) is 5.06. The van der Waals surface area contributed by atoms with Crippen molar-refractivity contribution in [1.82, 2.24) is 9.80 Å². The molecule has 0 radical (unpaired) electrons. The molecule has 5 heteroatoms. The summed E-state index contributed by atoms with van der Waals surface area (Å²) in [7, 11) is 4.52. The molecule has 6 aliphatic rings. The lowest BCUT2D eigenvalue weighted by atomic mass is 9.52. The van der Waals surface area contributed by atoms with E-state index in [0.29, 0.717) is 35.6 Å². The van der Waals surface area contributed by atoms with Crippen LogP contribution in [-0.2, 0) is 23.7 Å². The molecule has 4 bridgehead atoms. The second-order valence-corrected chi connectivity index (χ2v) is 13.2. The van der Waals surface area contributed by atoms with E-state index in [1.807, 2.05) is 18.2 Å². The number of nitrogens with zero attached hydrogens (tertiary/aromatic N) is 2. The van der Waals surface area contributed by atoms with Gasteiger partial charge >= 0.3 is 0 Å². The molecule has 0 aromatic heterocycles. The molecular formula is C32H42N2O3. The van der Waals surface area contributed by atoms with Gasteiger partial charge in [0.2, 0.25) is 0 Å². The van der Waals surface area contributed by atoms with Crippen molar-refractivity contribution in [3.05, 3.63) is 52.6 Å². The highest BCUT2D eigenvalue weighted by molar-refractivity contribution is 5.60. The van der Waals surface area contributed by atoms with Crippen molar-refractivity contribution in [1.29, 1.82) is 0 Å². The number of piperidine rings is 2. The fourth-order valence-corrected chi connectivity index (χ4v) is 9.53. The highest BCUT2D eigenvalue weighted by atomic mass is 16.5. The van der Waals surface area contributed by atoms with Gasteiger partial charge in [0.1, 0.15) is 11.9 Å². The second-order valence-electron chi connectivity index (χ2n) is 13.2. The normalized spacial score (nSPS) is 39.1. The van der Waals surface area contributed by atoms with Crippen molar-refractivity contribution >= 4 is 0 Å². The Hall–Kier alpha value is -2.24. The van der Waals surface area contributed by atoms with Crippen molar-refractivity contribution in [2.45, 2.75) is 87.8 Å². The van der Waals surface area contributed by atoms with Gasteiger partial charge in [-0.3, -0.25) is 0 Å². The Morgan fingerprint density at radius 3 is 2.49 bits per heavy atom. The molecule has 198 valence electrons. The van der Waals surface area contributed by atoms with E-state index in [2.05, 4.69) is 49.9 Å². The van der Waals surface area contributed by atoms with Crippen LogP contribution < -0.4 is 4.74 Å². The standard InChI is InChI=1S/C17H21NO2.C15H21NO/c1-18-8-7-17-11-3-2-4-14(17)20-16-13(19)6-5-10(15(16)17)9-12(11)18;1-10-14-8-11-4-5-12(17)9-13(11)15(10,2)6-7-16(14)3/h5-6,11-12,14,19H,2-4,7-9H2,1H3;4-5,9-10,14,17H,6-8H2,1-3H3. The van der Waals surface area contributed by atoms with Crippen LogP contribution in [0, 0.1) is 11.8 Å². The van der Waals surface area contributed by atoms with Crippen molar-refractivity contribution in [3.8, 4) is 17.2 Å². The van der Waals surface area contributed by atoms with Crippen LogP contribution in [0.1, 0.15) is 68.2 Å². The van der Waals surface area contributed by atoms with E-state index < -0.39 is 0 Å². The maximum Gasteiger partial charge on any atom is 0.165 e. The molecule has 1 spiro atoms. The number of fused-ring (bicyclic) bond motifs is 4. The molecule has 3 heterocycles. The molecule has 2 aromatic rings. The molecule has 3 aliphatic heterocycles. The fourth-order valence-electron chi connectivity index (χ4n) is 9.53. The van der Waals surface area contributed by atoms with Gasteiger partial charge in [-0.25, -0.2) is 0 Å². The number of likely N-dealkylation sites (N-methyl/N-ethyl adjacent to an activating group) is 2. The zero-order valence-corrected chi connectivity index (χ0v) is 22.8. The summed E-state index contributed by atoms with van der Waals surface area (Å²) in [5.74, 6) is 2.96. The first-order chi connectivity index (χ1) is 17.7. The number of hydrogen-bond donors (Lipinski definition) is 2. The quantitative estimate of drug-likeness (QED) is 0.531. The van der Waals surface area contributed by atoms with Crippen molar-refractivity contribution in [2.24, 2.45) is 11.8 Å². The van der Waals surface area contributed by atoms with Gasteiger partial charge in [-0.15, -0.1) is 0 Å². The summed E-state index contributed by atoms with van der Waals surface area (Å²) >= 11 is 0. The summed E-state index contributed by atoms with van der Waals surface area (Å²) in [6.45, 7) is 7.07. The van der Waals surface area contributed by atoms with E-state index in [9.17, 15) is 10.2 Å². The molecule has 2 aromatic carbocycles. The Balaban J connectivity index is 0.000000127. The number of benzene rings is 2. The van der Waals surface area contributed by atoms with Crippen LogP contribution in [0.2, 0.25) is 0 Å². The summed E-state index contributed by atoms with van der Waals surface area (Å²) in [6, 6.07) is 11.2. The average molecular weight is 503 g/mol. The van der Waals surface area contributed by atoms with Crippen molar-refractivity contribution < 1.29 is 14.9 Å². The number of phenols is 2. The Morgan fingerprint density at radius 2 is 1.65 bits per heavy atom. The first-order valence-electron chi connectivity index (χ1n) is 14.5. The lowest BCUT2D eigenvalue weighted by Gasteiger charge is -2.57. The summed E-state index contributed by atoms with van der Waals surface area (Å²) in [5, 5.41) is 20.0. The van der Waals surface area contributed by atoms with Crippen LogP contribution in [0.3, 0.4) is 0 Å². The first-order valence-corrected chi connectivity index (χ1v) is 14.5. The van der Waals surface area contributed by atoms with Gasteiger partial charge in [0.25, 0.3) is 0 Å². The van der Waals surface area contributed by atoms with E-state index in [-0.39, 0.29) is 10.8 Å². The largest absolute Gasteiger partial charge is 0.508 e. The Kier molecular flexibility index (Phi) is 5.24. The van der Waals surface area contributed by atoms with Gasteiger partial charge in [0.05, 0.1) is 0 Å². The van der Waals surface area contributed by atoms with Gasteiger partial charge in [-0.2, -0.15) is 0 Å². The molecular weight excluding hydrogens is 460 g/mol. The molecule has 2 N–H and O–H groups in total. The molecule has 8 rings (SSSR count). The maximum absolute atomic E-state index is 10.2. The first kappa shape index (κ1) is 23.8. The zero-order chi connectivity index (χ0) is 25.7. The van der Waals surface area contributed by atoms with E-state index >= 15 is 0 Å². The third-order valence-corrected chi connectivity index (χ3v) is 11.8. The summed E-state index contributed by atoms with van der Waals surface area (Å²) in [5.41, 5.74) is 6.07. The predicted molar refractivity (Wildman–Crippen MR) is 146 cm³/mol. The topological polar surface area (TPSA) is 56.2 Å². The van der Waals surface area contributed by atoms with Crippen molar-refractivity contribution in [3.63, 3.8) is 0 Å². The van der Waals surface area contributed by atoms with Gasteiger partial charge in [-0.05, 0) is 124 Å². The molecule has 2 saturated heterocycles. The molecule has 0 amide bonds. The monoisotopic (exact) mass is 502 g/mol. The minimum absolute atomic E-state index is 0.205. The van der Waals surface area contributed by atoms with Crippen LogP contribution >= 0.6 is 0 Å². The third kappa shape index (κ3) is 3.16. The molecule has 3 fully saturated rings. The van der Waals surface area contributed by atoms with Crippen LogP contribution in [0.4, 0.5) is 0 Å². The van der Waals surface area contributed by atoms with E-state index in [1.54, 1.807) is 0 Å². The summed E-state index contributed by atoms with van der Waals surface area (Å²) < 4.78 is 6.28. The van der Waals surface area contributed by atoms with Gasteiger partial charge in [0.15, 0.2) is 11.5 Å². The van der Waals surface area contributed by atoms with Crippen LogP contribution in [0.5, 0.6) is 17.2 Å². The van der Waals surface area contributed by atoms with Crippen molar-refractivity contribution in [2.75, 3.05) is 27.2 Å². The number of hydrogen-bond acceptors (Lipinski definition) is 5. The number of rotatable bonds is 0. The van der Waals surface area contributed by atoms with E-state index in [0.717, 1.165) is 37.5 Å². The number of aromatic hydroxyl groups is 2. The van der Waals surface area contributed by atoms with Gasteiger partial charge in [-0.1, -0.05) is 26.0 Å². The van der Waals surface area contributed by atoms with Gasteiger partial charge < -0.3 is 24.7 Å². The van der Waals surface area contributed by atoms with Gasteiger partial charge in [0, 0.05) is 23.1 Å². The average Bonchev–Trinajstić information content (AvgIpc) is 3.23. The summed E-state index contributed by atoms with van der Waals surface area (Å²) in [6.07, 6.45) is 8.69. The molecule has 3 aliphatic carbocycles. The van der Waals surface area contributed by atoms with Crippen LogP contribution in [0.15, 0.2) is 30.3 Å². The van der Waals surface area contributed by atoms with E-state index in [4.69, 9.17) is 4.74 Å².